The van der Waals surface area contributed by atoms with Crippen molar-refractivity contribution in [3.05, 3.63) is 29.8 Å². The average molecular weight is 295 g/mol. The van der Waals surface area contributed by atoms with E-state index in [2.05, 4.69) is 0 Å². The third-order valence-electron chi connectivity index (χ3n) is 3.20. The highest BCUT2D eigenvalue weighted by atomic mass is 32.2. The second kappa shape index (κ2) is 7.55. The van der Waals surface area contributed by atoms with Gasteiger partial charge in [-0.3, -0.25) is 4.79 Å². The average Bonchev–Trinajstić information content (AvgIpc) is 2.82. The van der Waals surface area contributed by atoms with Gasteiger partial charge in [0.1, 0.15) is 11.1 Å². The molecule has 5 heteroatoms. The second-order valence-electron chi connectivity index (χ2n) is 4.57. The zero-order valence-corrected chi connectivity index (χ0v) is 12.8. The molecular formula is C15H21NO3S. The summed E-state index contributed by atoms with van der Waals surface area (Å²) in [7, 11) is 1.68. The van der Waals surface area contributed by atoms with Crippen LogP contribution in [0.2, 0.25) is 0 Å². The van der Waals surface area contributed by atoms with E-state index in [1.54, 1.807) is 18.9 Å². The van der Waals surface area contributed by atoms with Crippen molar-refractivity contribution in [3.8, 4) is 5.75 Å². The van der Waals surface area contributed by atoms with Crippen molar-refractivity contribution >= 4 is 17.7 Å². The van der Waals surface area contributed by atoms with Crippen LogP contribution in [-0.4, -0.2) is 43.4 Å². The molecule has 1 unspecified atom stereocenters. The summed E-state index contributed by atoms with van der Waals surface area (Å²) in [6, 6.07) is 7.97. The van der Waals surface area contributed by atoms with E-state index in [-0.39, 0.29) is 11.3 Å². The standard InChI is InChI=1S/C15H21NO3S/c1-3-19-13-8-5-4-7-12(13)15-16(9-6-10-18-2)14(17)11-20-15/h4-5,7-8,15H,3,6,9-11H2,1-2H3. The quantitative estimate of drug-likeness (QED) is 0.725. The number of ether oxygens (including phenoxy) is 2. The molecular weight excluding hydrogens is 274 g/mol. The van der Waals surface area contributed by atoms with Crippen LogP contribution in [0, 0.1) is 0 Å². The highest BCUT2D eigenvalue weighted by Gasteiger charge is 2.33. The lowest BCUT2D eigenvalue weighted by Crippen LogP contribution is -2.30. The topological polar surface area (TPSA) is 38.8 Å². The molecule has 0 aromatic heterocycles. The van der Waals surface area contributed by atoms with Gasteiger partial charge in [0, 0.05) is 25.8 Å². The minimum atomic E-state index is 0.0575. The molecule has 0 spiro atoms. The Morgan fingerprint density at radius 2 is 2.20 bits per heavy atom. The van der Waals surface area contributed by atoms with Crippen LogP contribution in [-0.2, 0) is 9.53 Å². The monoisotopic (exact) mass is 295 g/mol. The van der Waals surface area contributed by atoms with Gasteiger partial charge < -0.3 is 14.4 Å². The number of rotatable bonds is 7. The zero-order chi connectivity index (χ0) is 14.4. The number of hydrogen-bond donors (Lipinski definition) is 0. The molecule has 110 valence electrons. The first-order chi connectivity index (χ1) is 9.77. The van der Waals surface area contributed by atoms with Gasteiger partial charge in [-0.15, -0.1) is 11.8 Å². The van der Waals surface area contributed by atoms with Crippen molar-refractivity contribution in [2.75, 3.05) is 32.6 Å². The van der Waals surface area contributed by atoms with E-state index in [4.69, 9.17) is 9.47 Å². The summed E-state index contributed by atoms with van der Waals surface area (Å²) in [5.41, 5.74) is 1.09. The van der Waals surface area contributed by atoms with Crippen molar-refractivity contribution in [1.29, 1.82) is 0 Å². The molecule has 0 radical (unpaired) electrons. The van der Waals surface area contributed by atoms with E-state index in [0.717, 1.165) is 24.3 Å². The first kappa shape index (κ1) is 15.2. The van der Waals surface area contributed by atoms with Crippen molar-refractivity contribution < 1.29 is 14.3 Å². The number of carbonyl (C=O) groups is 1. The molecule has 20 heavy (non-hydrogen) atoms. The Morgan fingerprint density at radius 3 is 2.95 bits per heavy atom. The Hall–Kier alpha value is -1.20. The van der Waals surface area contributed by atoms with Crippen LogP contribution < -0.4 is 4.74 Å². The highest BCUT2D eigenvalue weighted by molar-refractivity contribution is 8.00. The van der Waals surface area contributed by atoms with Gasteiger partial charge in [-0.2, -0.15) is 0 Å². The Labute approximate surface area is 124 Å². The van der Waals surface area contributed by atoms with Gasteiger partial charge in [-0.25, -0.2) is 0 Å². The third kappa shape index (κ3) is 3.46. The molecule has 0 saturated carbocycles. The van der Waals surface area contributed by atoms with Crippen molar-refractivity contribution in [3.63, 3.8) is 0 Å². The molecule has 1 aliphatic heterocycles. The number of carbonyl (C=O) groups excluding carboxylic acids is 1. The molecule has 1 heterocycles. The highest BCUT2D eigenvalue weighted by Crippen LogP contribution is 2.42. The van der Waals surface area contributed by atoms with Gasteiger partial charge >= 0.3 is 0 Å². The fraction of sp³-hybridized carbons (Fsp3) is 0.533. The van der Waals surface area contributed by atoms with Crippen LogP contribution in [0.15, 0.2) is 24.3 Å². The molecule has 0 aliphatic carbocycles. The van der Waals surface area contributed by atoms with E-state index in [1.165, 1.54) is 0 Å². The van der Waals surface area contributed by atoms with Gasteiger partial charge in [0.05, 0.1) is 12.4 Å². The van der Waals surface area contributed by atoms with Crippen LogP contribution in [0.1, 0.15) is 24.3 Å². The van der Waals surface area contributed by atoms with Crippen molar-refractivity contribution in [2.24, 2.45) is 0 Å². The molecule has 1 fully saturated rings. The summed E-state index contributed by atoms with van der Waals surface area (Å²) >= 11 is 1.67. The van der Waals surface area contributed by atoms with Crippen molar-refractivity contribution in [1.82, 2.24) is 4.90 Å². The maximum absolute atomic E-state index is 12.0. The fourth-order valence-electron chi connectivity index (χ4n) is 2.30. The first-order valence-corrected chi connectivity index (χ1v) is 7.94. The minimum Gasteiger partial charge on any atom is -0.493 e. The number of thioether (sulfide) groups is 1. The summed E-state index contributed by atoms with van der Waals surface area (Å²) in [5, 5.41) is 0.0575. The third-order valence-corrected chi connectivity index (χ3v) is 4.44. The predicted octanol–water partition coefficient (Wildman–Crippen LogP) is 2.70. The number of benzene rings is 1. The second-order valence-corrected chi connectivity index (χ2v) is 5.64. The van der Waals surface area contributed by atoms with E-state index < -0.39 is 0 Å². The summed E-state index contributed by atoms with van der Waals surface area (Å²) in [6.45, 7) is 4.01. The molecule has 0 bridgehead atoms. The molecule has 1 aromatic rings. The number of methoxy groups -OCH3 is 1. The summed E-state index contributed by atoms with van der Waals surface area (Å²) in [4.78, 5) is 14.0. The molecule has 2 rings (SSSR count). The van der Waals surface area contributed by atoms with Gasteiger partial charge in [0.25, 0.3) is 0 Å². The fourth-order valence-corrected chi connectivity index (χ4v) is 3.55. The van der Waals surface area contributed by atoms with Crippen LogP contribution in [0.25, 0.3) is 0 Å². The Morgan fingerprint density at radius 1 is 1.40 bits per heavy atom. The zero-order valence-electron chi connectivity index (χ0n) is 12.0. The van der Waals surface area contributed by atoms with Crippen LogP contribution >= 0.6 is 11.8 Å². The smallest absolute Gasteiger partial charge is 0.233 e. The molecule has 4 nitrogen and oxygen atoms in total. The lowest BCUT2D eigenvalue weighted by atomic mass is 10.1. The molecule has 1 aliphatic rings. The van der Waals surface area contributed by atoms with Gasteiger partial charge in [0.15, 0.2) is 0 Å². The maximum Gasteiger partial charge on any atom is 0.233 e. The van der Waals surface area contributed by atoms with Crippen LogP contribution in [0.3, 0.4) is 0 Å². The van der Waals surface area contributed by atoms with Gasteiger partial charge in [-0.05, 0) is 19.4 Å². The van der Waals surface area contributed by atoms with Crippen LogP contribution in [0.4, 0.5) is 0 Å². The number of amides is 1. The minimum absolute atomic E-state index is 0.0575. The van der Waals surface area contributed by atoms with Crippen LogP contribution in [0.5, 0.6) is 5.75 Å². The van der Waals surface area contributed by atoms with E-state index >= 15 is 0 Å². The Balaban J connectivity index is 2.15. The van der Waals surface area contributed by atoms with E-state index in [1.807, 2.05) is 36.1 Å². The predicted molar refractivity (Wildman–Crippen MR) is 81.0 cm³/mol. The number of hydrogen-bond acceptors (Lipinski definition) is 4. The summed E-state index contributed by atoms with van der Waals surface area (Å²) in [6.07, 6.45) is 0.857. The first-order valence-electron chi connectivity index (χ1n) is 6.89. The molecule has 0 N–H and O–H groups in total. The lowest BCUT2D eigenvalue weighted by Gasteiger charge is -2.25. The molecule has 1 amide bonds. The maximum atomic E-state index is 12.0. The largest absolute Gasteiger partial charge is 0.493 e. The SMILES string of the molecule is CCOc1ccccc1C1SCC(=O)N1CCCOC. The number of para-hydroxylation sites is 1. The summed E-state index contributed by atoms with van der Waals surface area (Å²) < 4.78 is 10.8. The number of nitrogens with zero attached hydrogens (tertiary/aromatic N) is 1. The van der Waals surface area contributed by atoms with Gasteiger partial charge in [0.2, 0.25) is 5.91 Å². The van der Waals surface area contributed by atoms with E-state index in [9.17, 15) is 4.79 Å². The molecule has 1 aromatic carbocycles. The Kier molecular flexibility index (Phi) is 5.73. The molecule has 1 atom stereocenters. The lowest BCUT2D eigenvalue weighted by molar-refractivity contribution is -0.128. The molecule has 1 saturated heterocycles. The van der Waals surface area contributed by atoms with E-state index in [0.29, 0.717) is 19.0 Å². The normalized spacial score (nSPS) is 18.6. The summed E-state index contributed by atoms with van der Waals surface area (Å²) in [5.74, 6) is 1.61. The Bertz CT molecular complexity index is 452. The van der Waals surface area contributed by atoms with Crippen molar-refractivity contribution in [2.45, 2.75) is 18.7 Å². The van der Waals surface area contributed by atoms with Gasteiger partial charge in [-0.1, -0.05) is 18.2 Å².